The molecule has 1 heterocycles. The van der Waals surface area contributed by atoms with E-state index in [0.717, 1.165) is 13.0 Å². The van der Waals surface area contributed by atoms with Crippen LogP contribution in [0.2, 0.25) is 0 Å². The topological polar surface area (TPSA) is 67.2 Å². The Morgan fingerprint density at radius 3 is 2.54 bits per heavy atom. The van der Waals surface area contributed by atoms with Crippen LogP contribution in [0.5, 0.6) is 0 Å². The second kappa shape index (κ2) is 7.90. The molecule has 0 bridgehead atoms. The van der Waals surface area contributed by atoms with Crippen molar-refractivity contribution in [3.63, 3.8) is 0 Å². The van der Waals surface area contributed by atoms with Crippen LogP contribution >= 0.6 is 0 Å². The number of nitrogens with two attached hydrogens (primary N) is 1. The number of nitrogens with one attached hydrogen (secondary N) is 2. The summed E-state index contributed by atoms with van der Waals surface area (Å²) in [5.74, 6) is -0.0945. The first kappa shape index (κ1) is 16.4. The molecule has 0 unspecified atom stereocenters. The third-order valence-corrected chi connectivity index (χ3v) is 4.25. The molecule has 124 valence electrons. The van der Waals surface area contributed by atoms with Gasteiger partial charge in [0.1, 0.15) is 0 Å². The van der Waals surface area contributed by atoms with Crippen LogP contribution in [0.15, 0.2) is 60.7 Å². The second-order valence-electron chi connectivity index (χ2n) is 6.07. The summed E-state index contributed by atoms with van der Waals surface area (Å²) >= 11 is 0. The first-order valence-corrected chi connectivity index (χ1v) is 8.31. The van der Waals surface area contributed by atoms with Crippen molar-refractivity contribution in [2.45, 2.75) is 18.5 Å². The Kier molecular flexibility index (Phi) is 5.41. The summed E-state index contributed by atoms with van der Waals surface area (Å²) in [5, 5.41) is 6.32. The van der Waals surface area contributed by atoms with Crippen molar-refractivity contribution in [3.05, 3.63) is 66.2 Å². The van der Waals surface area contributed by atoms with Crippen molar-refractivity contribution < 1.29 is 4.79 Å². The first-order chi connectivity index (χ1) is 11.7. The third kappa shape index (κ3) is 4.31. The lowest BCUT2D eigenvalue weighted by Gasteiger charge is -2.09. The van der Waals surface area contributed by atoms with E-state index in [9.17, 15) is 4.79 Å². The largest absolute Gasteiger partial charge is 0.351 e. The Hall–Kier alpha value is -2.43. The summed E-state index contributed by atoms with van der Waals surface area (Å²) in [5.41, 5.74) is 8.94. The van der Waals surface area contributed by atoms with Crippen LogP contribution in [-0.4, -0.2) is 31.1 Å². The van der Waals surface area contributed by atoms with E-state index in [1.807, 2.05) is 6.07 Å². The lowest BCUT2D eigenvalue weighted by atomic mass is 10.0. The van der Waals surface area contributed by atoms with Crippen LogP contribution in [0.25, 0.3) is 17.2 Å². The van der Waals surface area contributed by atoms with Gasteiger partial charge in [-0.25, -0.2) is 0 Å². The van der Waals surface area contributed by atoms with Crippen molar-refractivity contribution in [1.82, 2.24) is 10.6 Å². The highest BCUT2D eigenvalue weighted by Gasteiger charge is 2.22. The van der Waals surface area contributed by atoms with Crippen molar-refractivity contribution in [2.75, 3.05) is 13.1 Å². The maximum Gasteiger partial charge on any atom is 0.233 e. The van der Waals surface area contributed by atoms with Crippen LogP contribution in [0.3, 0.4) is 0 Å². The zero-order valence-electron chi connectivity index (χ0n) is 13.6. The van der Waals surface area contributed by atoms with Gasteiger partial charge >= 0.3 is 0 Å². The van der Waals surface area contributed by atoms with Gasteiger partial charge in [0.05, 0.1) is 6.54 Å². The normalized spacial score (nSPS) is 20.4. The summed E-state index contributed by atoms with van der Waals surface area (Å²) in [4.78, 5) is 11.3. The minimum atomic E-state index is -0.0945. The van der Waals surface area contributed by atoms with Crippen molar-refractivity contribution in [3.8, 4) is 11.1 Å². The summed E-state index contributed by atoms with van der Waals surface area (Å²) < 4.78 is 0. The van der Waals surface area contributed by atoms with Crippen LogP contribution in [0.4, 0.5) is 0 Å². The zero-order chi connectivity index (χ0) is 16.8. The highest BCUT2D eigenvalue weighted by molar-refractivity contribution is 5.78. The molecule has 2 aromatic rings. The molecule has 1 aliphatic heterocycles. The molecule has 1 saturated heterocycles. The van der Waals surface area contributed by atoms with Crippen LogP contribution in [-0.2, 0) is 4.79 Å². The molecule has 4 N–H and O–H groups in total. The first-order valence-electron chi connectivity index (χ1n) is 8.31. The van der Waals surface area contributed by atoms with E-state index in [1.165, 1.54) is 16.7 Å². The molecule has 0 aliphatic carbocycles. The predicted octanol–water partition coefficient (Wildman–Crippen LogP) is 2.17. The highest BCUT2D eigenvalue weighted by atomic mass is 16.1. The maximum absolute atomic E-state index is 11.3. The molecule has 0 aromatic heterocycles. The maximum atomic E-state index is 11.3. The SMILES string of the molecule is NCC(=O)N[C@H]1CN[C@H](C=Cc2ccc(-c3ccccc3)cc2)C1. The smallest absolute Gasteiger partial charge is 0.233 e. The van der Waals surface area contributed by atoms with Gasteiger partial charge in [0.2, 0.25) is 5.91 Å². The predicted molar refractivity (Wildman–Crippen MR) is 98.3 cm³/mol. The standard InChI is InChI=1S/C20H23N3O/c21-13-20(24)23-19-12-18(22-14-19)11-8-15-6-9-17(10-7-15)16-4-2-1-3-5-16/h1-11,18-19,22H,12-14,21H2,(H,23,24)/t18-,19-/m1/s1. The number of carbonyl (C=O) groups is 1. The summed E-state index contributed by atoms with van der Waals surface area (Å²) in [7, 11) is 0. The molecule has 0 saturated carbocycles. The number of rotatable bonds is 5. The van der Waals surface area contributed by atoms with Gasteiger partial charge in [0.15, 0.2) is 0 Å². The average Bonchev–Trinajstić information content (AvgIpc) is 3.08. The molecule has 2 aromatic carbocycles. The van der Waals surface area contributed by atoms with Gasteiger partial charge in [-0.3, -0.25) is 4.79 Å². The summed E-state index contributed by atoms with van der Waals surface area (Å²) in [6, 6.07) is 19.3. The van der Waals surface area contributed by atoms with E-state index in [-0.39, 0.29) is 24.5 Å². The van der Waals surface area contributed by atoms with Crippen molar-refractivity contribution in [1.29, 1.82) is 0 Å². The fraction of sp³-hybridized carbons (Fsp3) is 0.250. The van der Waals surface area contributed by atoms with Gasteiger partial charge in [0, 0.05) is 18.6 Å². The lowest BCUT2D eigenvalue weighted by molar-refractivity contribution is -0.120. The molecule has 1 fully saturated rings. The van der Waals surface area contributed by atoms with Crippen LogP contribution in [0.1, 0.15) is 12.0 Å². The van der Waals surface area contributed by atoms with E-state index in [2.05, 4.69) is 71.3 Å². The summed E-state index contributed by atoms with van der Waals surface area (Å²) in [6.45, 7) is 0.832. The zero-order valence-corrected chi connectivity index (χ0v) is 13.6. The molecular weight excluding hydrogens is 298 g/mol. The quantitative estimate of drug-likeness (QED) is 0.791. The molecule has 1 aliphatic rings. The number of benzene rings is 2. The van der Waals surface area contributed by atoms with E-state index in [1.54, 1.807) is 0 Å². The molecule has 24 heavy (non-hydrogen) atoms. The molecule has 4 nitrogen and oxygen atoms in total. The van der Waals surface area contributed by atoms with Gasteiger partial charge in [-0.05, 0) is 23.1 Å². The van der Waals surface area contributed by atoms with Gasteiger partial charge < -0.3 is 16.4 Å². The van der Waals surface area contributed by atoms with Crippen molar-refractivity contribution in [2.24, 2.45) is 5.73 Å². The highest BCUT2D eigenvalue weighted by Crippen LogP contribution is 2.20. The van der Waals surface area contributed by atoms with E-state index in [0.29, 0.717) is 0 Å². The molecule has 1 amide bonds. The number of carbonyl (C=O) groups excluding carboxylic acids is 1. The monoisotopic (exact) mass is 321 g/mol. The van der Waals surface area contributed by atoms with E-state index >= 15 is 0 Å². The Morgan fingerprint density at radius 2 is 1.83 bits per heavy atom. The Labute approximate surface area is 142 Å². The number of hydrogen-bond donors (Lipinski definition) is 3. The minimum Gasteiger partial charge on any atom is -0.351 e. The Morgan fingerprint density at radius 1 is 1.12 bits per heavy atom. The molecule has 0 spiro atoms. The van der Waals surface area contributed by atoms with Crippen LogP contribution in [0, 0.1) is 0 Å². The van der Waals surface area contributed by atoms with Crippen LogP contribution < -0.4 is 16.4 Å². The molecular formula is C20H23N3O. The molecule has 4 heteroatoms. The Balaban J connectivity index is 1.57. The molecule has 3 rings (SSSR count). The lowest BCUT2D eigenvalue weighted by Crippen LogP contribution is -2.39. The van der Waals surface area contributed by atoms with Gasteiger partial charge in [-0.15, -0.1) is 0 Å². The third-order valence-electron chi connectivity index (χ3n) is 4.25. The molecule has 2 atom stereocenters. The fourth-order valence-corrected chi connectivity index (χ4v) is 2.95. The fourth-order valence-electron chi connectivity index (χ4n) is 2.95. The second-order valence-corrected chi connectivity index (χ2v) is 6.07. The van der Waals surface area contributed by atoms with Gasteiger partial charge in [-0.1, -0.05) is 66.7 Å². The van der Waals surface area contributed by atoms with E-state index < -0.39 is 0 Å². The van der Waals surface area contributed by atoms with E-state index in [4.69, 9.17) is 5.73 Å². The molecule has 0 radical (unpaired) electrons. The summed E-state index contributed by atoms with van der Waals surface area (Å²) in [6.07, 6.45) is 5.18. The average molecular weight is 321 g/mol. The van der Waals surface area contributed by atoms with Gasteiger partial charge in [0.25, 0.3) is 0 Å². The number of amides is 1. The van der Waals surface area contributed by atoms with Gasteiger partial charge in [-0.2, -0.15) is 0 Å². The van der Waals surface area contributed by atoms with Crippen molar-refractivity contribution >= 4 is 12.0 Å². The Bertz CT molecular complexity index is 695. The number of hydrogen-bond acceptors (Lipinski definition) is 3. The minimum absolute atomic E-state index is 0.0464.